The van der Waals surface area contributed by atoms with E-state index in [-0.39, 0.29) is 5.91 Å². The van der Waals surface area contributed by atoms with Gasteiger partial charge in [-0.3, -0.25) is 9.78 Å². The monoisotopic (exact) mass is 337 g/mol. The number of carbonyl (C=O) groups excluding carboxylic acids is 1. The second-order valence-electron chi connectivity index (χ2n) is 5.27. The van der Waals surface area contributed by atoms with Crippen LogP contribution in [-0.4, -0.2) is 40.9 Å². The number of amides is 1. The molecular weight excluding hydrogens is 318 g/mol. The average molecular weight is 337 g/mol. The molecular formula is C18H19N5O2. The fourth-order valence-electron chi connectivity index (χ4n) is 2.34. The van der Waals surface area contributed by atoms with E-state index in [2.05, 4.69) is 20.7 Å². The summed E-state index contributed by atoms with van der Waals surface area (Å²) in [5, 5.41) is 10.3. The minimum atomic E-state index is -0.172. The summed E-state index contributed by atoms with van der Waals surface area (Å²) in [5.74, 6) is 0.521. The maximum atomic E-state index is 12.2. The van der Waals surface area contributed by atoms with Crippen molar-refractivity contribution in [2.24, 2.45) is 0 Å². The minimum Gasteiger partial charge on any atom is -0.494 e. The Kier molecular flexibility index (Phi) is 5.26. The zero-order valence-electron chi connectivity index (χ0n) is 13.8. The molecule has 2 heterocycles. The molecule has 0 unspecified atom stereocenters. The van der Waals surface area contributed by atoms with Gasteiger partial charge < -0.3 is 15.4 Å². The van der Waals surface area contributed by atoms with Gasteiger partial charge in [0.25, 0.3) is 5.91 Å². The van der Waals surface area contributed by atoms with E-state index in [9.17, 15) is 4.79 Å². The number of para-hydroxylation sites is 2. The van der Waals surface area contributed by atoms with Crippen LogP contribution >= 0.6 is 0 Å². The molecule has 1 amide bonds. The third-order valence-corrected chi connectivity index (χ3v) is 3.58. The second kappa shape index (κ2) is 7.96. The molecule has 0 spiro atoms. The number of aromatic nitrogens is 3. The van der Waals surface area contributed by atoms with Crippen molar-refractivity contribution in [2.75, 3.05) is 25.5 Å². The highest BCUT2D eigenvalue weighted by Crippen LogP contribution is 2.21. The SMILES string of the molecule is COc1ccccc1-n1cc(C(=O)NCCNc2cccnc2)cn1. The summed E-state index contributed by atoms with van der Waals surface area (Å²) in [6.07, 6.45) is 6.67. The van der Waals surface area contributed by atoms with Crippen molar-refractivity contribution < 1.29 is 9.53 Å². The third kappa shape index (κ3) is 4.14. The zero-order valence-corrected chi connectivity index (χ0v) is 13.8. The molecule has 1 aromatic carbocycles. The van der Waals surface area contributed by atoms with Crippen LogP contribution in [-0.2, 0) is 0 Å². The van der Waals surface area contributed by atoms with E-state index >= 15 is 0 Å². The molecule has 7 heteroatoms. The van der Waals surface area contributed by atoms with E-state index in [4.69, 9.17) is 4.74 Å². The molecule has 0 aliphatic carbocycles. The largest absolute Gasteiger partial charge is 0.494 e. The van der Waals surface area contributed by atoms with Crippen molar-refractivity contribution in [3.8, 4) is 11.4 Å². The van der Waals surface area contributed by atoms with Crippen molar-refractivity contribution in [3.63, 3.8) is 0 Å². The molecule has 0 fully saturated rings. The first-order chi connectivity index (χ1) is 12.3. The molecule has 0 atom stereocenters. The van der Waals surface area contributed by atoms with Crippen molar-refractivity contribution in [3.05, 3.63) is 66.7 Å². The van der Waals surface area contributed by atoms with Crippen LogP contribution in [0.5, 0.6) is 5.75 Å². The quantitative estimate of drug-likeness (QED) is 0.646. The number of methoxy groups -OCH3 is 1. The number of nitrogens with zero attached hydrogens (tertiary/aromatic N) is 3. The van der Waals surface area contributed by atoms with Gasteiger partial charge in [-0.1, -0.05) is 12.1 Å². The molecule has 2 aromatic heterocycles. The Morgan fingerprint density at radius 3 is 2.84 bits per heavy atom. The number of ether oxygens (including phenoxy) is 1. The first kappa shape index (κ1) is 16.5. The van der Waals surface area contributed by atoms with E-state index in [0.29, 0.717) is 24.4 Å². The van der Waals surface area contributed by atoms with E-state index in [1.165, 1.54) is 6.20 Å². The number of nitrogens with one attached hydrogen (secondary N) is 2. The molecule has 2 N–H and O–H groups in total. The van der Waals surface area contributed by atoms with Gasteiger partial charge in [0.15, 0.2) is 0 Å². The Hall–Kier alpha value is -3.35. The molecule has 0 saturated carbocycles. The lowest BCUT2D eigenvalue weighted by Gasteiger charge is -2.07. The van der Waals surface area contributed by atoms with Gasteiger partial charge in [0.1, 0.15) is 11.4 Å². The van der Waals surface area contributed by atoms with E-state index in [1.54, 1.807) is 30.4 Å². The highest BCUT2D eigenvalue weighted by atomic mass is 16.5. The molecule has 25 heavy (non-hydrogen) atoms. The van der Waals surface area contributed by atoms with Crippen LogP contribution in [0.25, 0.3) is 5.69 Å². The number of benzene rings is 1. The van der Waals surface area contributed by atoms with Crippen LogP contribution in [0.4, 0.5) is 5.69 Å². The topological polar surface area (TPSA) is 81.1 Å². The maximum Gasteiger partial charge on any atom is 0.254 e. The molecule has 0 bridgehead atoms. The summed E-state index contributed by atoms with van der Waals surface area (Å²) in [6.45, 7) is 1.10. The lowest BCUT2D eigenvalue weighted by Crippen LogP contribution is -2.28. The Labute approximate surface area is 145 Å². The highest BCUT2D eigenvalue weighted by molar-refractivity contribution is 5.93. The summed E-state index contributed by atoms with van der Waals surface area (Å²) >= 11 is 0. The highest BCUT2D eigenvalue weighted by Gasteiger charge is 2.11. The average Bonchev–Trinajstić information content (AvgIpc) is 3.16. The van der Waals surface area contributed by atoms with Crippen LogP contribution in [0.3, 0.4) is 0 Å². The Balaban J connectivity index is 1.56. The second-order valence-corrected chi connectivity index (χ2v) is 5.27. The fraction of sp³-hybridized carbons (Fsp3) is 0.167. The smallest absolute Gasteiger partial charge is 0.254 e. The molecule has 0 aliphatic rings. The molecule has 128 valence electrons. The molecule has 3 aromatic rings. The van der Waals surface area contributed by atoms with Gasteiger partial charge in [0.05, 0.1) is 24.6 Å². The van der Waals surface area contributed by atoms with Crippen LogP contribution < -0.4 is 15.4 Å². The van der Waals surface area contributed by atoms with E-state index in [1.807, 2.05) is 36.4 Å². The molecule has 3 rings (SSSR count). The molecule has 7 nitrogen and oxygen atoms in total. The Morgan fingerprint density at radius 1 is 1.16 bits per heavy atom. The van der Waals surface area contributed by atoms with Gasteiger partial charge in [-0.25, -0.2) is 4.68 Å². The summed E-state index contributed by atoms with van der Waals surface area (Å²) in [4.78, 5) is 16.2. The standard InChI is InChI=1S/C18H19N5O2/c1-25-17-7-3-2-6-16(17)23-13-14(11-22-23)18(24)21-10-9-20-15-5-4-8-19-12-15/h2-8,11-13,20H,9-10H2,1H3,(H,21,24). The van der Waals surface area contributed by atoms with Gasteiger partial charge in [-0.15, -0.1) is 0 Å². The number of rotatable bonds is 7. The number of hydrogen-bond donors (Lipinski definition) is 2. The molecule has 0 radical (unpaired) electrons. The Morgan fingerprint density at radius 2 is 2.04 bits per heavy atom. The lowest BCUT2D eigenvalue weighted by molar-refractivity contribution is 0.0955. The van der Waals surface area contributed by atoms with E-state index in [0.717, 1.165) is 11.4 Å². The number of carbonyl (C=O) groups is 1. The normalized spacial score (nSPS) is 10.3. The van der Waals surface area contributed by atoms with Gasteiger partial charge in [0, 0.05) is 31.7 Å². The van der Waals surface area contributed by atoms with Crippen molar-refractivity contribution in [1.29, 1.82) is 0 Å². The summed E-state index contributed by atoms with van der Waals surface area (Å²) in [6, 6.07) is 11.3. The van der Waals surface area contributed by atoms with E-state index < -0.39 is 0 Å². The van der Waals surface area contributed by atoms with Crippen LogP contribution in [0.1, 0.15) is 10.4 Å². The number of pyridine rings is 1. The van der Waals surface area contributed by atoms with Crippen LogP contribution in [0, 0.1) is 0 Å². The predicted octanol–water partition coefficient (Wildman–Crippen LogP) is 2.12. The summed E-state index contributed by atoms with van der Waals surface area (Å²) in [7, 11) is 1.60. The fourth-order valence-corrected chi connectivity index (χ4v) is 2.34. The summed E-state index contributed by atoms with van der Waals surface area (Å²) in [5.41, 5.74) is 2.19. The zero-order chi connectivity index (χ0) is 17.5. The number of anilines is 1. The molecule has 0 aliphatic heterocycles. The number of hydrogen-bond acceptors (Lipinski definition) is 5. The third-order valence-electron chi connectivity index (χ3n) is 3.58. The first-order valence-corrected chi connectivity index (χ1v) is 7.88. The van der Waals surface area contributed by atoms with Gasteiger partial charge in [0.2, 0.25) is 0 Å². The lowest BCUT2D eigenvalue weighted by atomic mass is 10.3. The molecule has 0 saturated heterocycles. The van der Waals surface area contributed by atoms with Crippen molar-refractivity contribution in [2.45, 2.75) is 0 Å². The van der Waals surface area contributed by atoms with Gasteiger partial charge in [-0.2, -0.15) is 5.10 Å². The minimum absolute atomic E-state index is 0.172. The van der Waals surface area contributed by atoms with Gasteiger partial charge >= 0.3 is 0 Å². The van der Waals surface area contributed by atoms with Crippen molar-refractivity contribution in [1.82, 2.24) is 20.1 Å². The Bertz CT molecular complexity index is 832. The first-order valence-electron chi connectivity index (χ1n) is 7.88. The van der Waals surface area contributed by atoms with Crippen molar-refractivity contribution >= 4 is 11.6 Å². The predicted molar refractivity (Wildman–Crippen MR) is 95.2 cm³/mol. The van der Waals surface area contributed by atoms with Crippen LogP contribution in [0.15, 0.2) is 61.2 Å². The van der Waals surface area contributed by atoms with Gasteiger partial charge in [-0.05, 0) is 24.3 Å². The summed E-state index contributed by atoms with van der Waals surface area (Å²) < 4.78 is 6.94. The maximum absolute atomic E-state index is 12.2. The van der Waals surface area contributed by atoms with Crippen LogP contribution in [0.2, 0.25) is 0 Å².